The first kappa shape index (κ1) is 18.2. The van der Waals surface area contributed by atoms with Gasteiger partial charge in [0.1, 0.15) is 11.6 Å². The van der Waals surface area contributed by atoms with Crippen molar-refractivity contribution >= 4 is 5.82 Å². The molecule has 1 atom stereocenters. The topological polar surface area (TPSA) is 41.0 Å². The second-order valence-corrected chi connectivity index (χ2v) is 7.45. The highest BCUT2D eigenvalue weighted by molar-refractivity contribution is 5.35. The molecule has 2 heterocycles. The molecule has 2 fully saturated rings. The van der Waals surface area contributed by atoms with E-state index >= 15 is 0 Å². The Morgan fingerprint density at radius 1 is 1.11 bits per heavy atom. The van der Waals surface area contributed by atoms with Crippen LogP contribution in [0.4, 0.5) is 19.0 Å². The highest BCUT2D eigenvalue weighted by atomic mass is 19.4. The van der Waals surface area contributed by atoms with Gasteiger partial charge in [-0.25, -0.2) is 9.97 Å². The summed E-state index contributed by atoms with van der Waals surface area (Å²) in [6.45, 7) is 1.82. The molecule has 0 spiro atoms. The maximum Gasteiger partial charge on any atom is 0.416 e. The number of piperidine rings is 1. The SMILES string of the molecule is FC(F)(F)c1ccccc1CN1CCCC(Nc2ccnc(C3CC3)n2)C1. The Morgan fingerprint density at radius 3 is 2.70 bits per heavy atom. The minimum atomic E-state index is -4.32. The molecule has 1 aliphatic carbocycles. The number of anilines is 1. The number of nitrogens with one attached hydrogen (secondary N) is 1. The average molecular weight is 376 g/mol. The third-order valence-corrected chi connectivity index (χ3v) is 5.19. The van der Waals surface area contributed by atoms with Gasteiger partial charge in [-0.2, -0.15) is 13.2 Å². The molecule has 0 amide bonds. The minimum absolute atomic E-state index is 0.179. The van der Waals surface area contributed by atoms with E-state index in [1.54, 1.807) is 18.3 Å². The summed E-state index contributed by atoms with van der Waals surface area (Å²) in [4.78, 5) is 11.0. The molecule has 1 saturated heterocycles. The third-order valence-electron chi connectivity index (χ3n) is 5.19. The van der Waals surface area contributed by atoms with Crippen molar-refractivity contribution < 1.29 is 13.2 Å². The van der Waals surface area contributed by atoms with Crippen molar-refractivity contribution in [2.45, 2.75) is 50.4 Å². The highest BCUT2D eigenvalue weighted by Crippen LogP contribution is 2.38. The van der Waals surface area contributed by atoms with Gasteiger partial charge < -0.3 is 5.32 Å². The highest BCUT2D eigenvalue weighted by Gasteiger charge is 2.33. The van der Waals surface area contributed by atoms with Crippen LogP contribution >= 0.6 is 0 Å². The van der Waals surface area contributed by atoms with Crippen molar-refractivity contribution in [3.8, 4) is 0 Å². The zero-order valence-corrected chi connectivity index (χ0v) is 15.0. The molecule has 1 aliphatic heterocycles. The zero-order chi connectivity index (χ0) is 18.9. The van der Waals surface area contributed by atoms with Crippen LogP contribution in [-0.2, 0) is 12.7 Å². The first-order valence-electron chi connectivity index (χ1n) is 9.46. The average Bonchev–Trinajstić information content (AvgIpc) is 3.47. The second-order valence-electron chi connectivity index (χ2n) is 7.45. The van der Waals surface area contributed by atoms with Crippen LogP contribution in [-0.4, -0.2) is 34.0 Å². The van der Waals surface area contributed by atoms with Crippen LogP contribution in [0.3, 0.4) is 0 Å². The van der Waals surface area contributed by atoms with Gasteiger partial charge in [0.2, 0.25) is 0 Å². The maximum atomic E-state index is 13.2. The molecule has 4 rings (SSSR count). The lowest BCUT2D eigenvalue weighted by atomic mass is 10.0. The van der Waals surface area contributed by atoms with Crippen molar-refractivity contribution in [2.75, 3.05) is 18.4 Å². The fourth-order valence-corrected chi connectivity index (χ4v) is 3.69. The number of likely N-dealkylation sites (tertiary alicyclic amines) is 1. The third kappa shape index (κ3) is 4.58. The van der Waals surface area contributed by atoms with Crippen LogP contribution in [0, 0.1) is 0 Å². The summed E-state index contributed by atoms with van der Waals surface area (Å²) in [5.74, 6) is 2.20. The van der Waals surface area contributed by atoms with Gasteiger partial charge in [0.25, 0.3) is 0 Å². The Hall–Kier alpha value is -2.15. The van der Waals surface area contributed by atoms with Crippen molar-refractivity contribution in [1.82, 2.24) is 14.9 Å². The lowest BCUT2D eigenvalue weighted by Gasteiger charge is -2.34. The first-order chi connectivity index (χ1) is 13.0. The van der Waals surface area contributed by atoms with Crippen molar-refractivity contribution in [1.29, 1.82) is 0 Å². The predicted octanol–water partition coefficient (Wildman–Crippen LogP) is 4.45. The monoisotopic (exact) mass is 376 g/mol. The van der Waals surface area contributed by atoms with Crippen molar-refractivity contribution in [3.63, 3.8) is 0 Å². The predicted molar refractivity (Wildman–Crippen MR) is 97.4 cm³/mol. The van der Waals surface area contributed by atoms with Gasteiger partial charge in [-0.1, -0.05) is 18.2 Å². The number of hydrogen-bond donors (Lipinski definition) is 1. The molecule has 7 heteroatoms. The summed E-state index contributed by atoms with van der Waals surface area (Å²) in [7, 11) is 0. The normalized spacial score (nSPS) is 21.2. The quantitative estimate of drug-likeness (QED) is 0.837. The smallest absolute Gasteiger partial charge is 0.366 e. The molecular weight excluding hydrogens is 353 g/mol. The van der Waals surface area contributed by atoms with Gasteiger partial charge in [0, 0.05) is 31.2 Å². The van der Waals surface area contributed by atoms with E-state index in [2.05, 4.69) is 20.2 Å². The maximum absolute atomic E-state index is 13.2. The number of alkyl halides is 3. The van der Waals surface area contributed by atoms with Gasteiger partial charge in [-0.3, -0.25) is 4.90 Å². The number of nitrogens with zero attached hydrogens (tertiary/aromatic N) is 3. The summed E-state index contributed by atoms with van der Waals surface area (Å²) >= 11 is 0. The van der Waals surface area contributed by atoms with Crippen LogP contribution < -0.4 is 5.32 Å². The van der Waals surface area contributed by atoms with E-state index in [9.17, 15) is 13.2 Å². The molecule has 4 nitrogen and oxygen atoms in total. The number of rotatable bonds is 5. The Labute approximate surface area is 156 Å². The number of halogens is 3. The Bertz CT molecular complexity index is 789. The summed E-state index contributed by atoms with van der Waals surface area (Å²) < 4.78 is 39.7. The van der Waals surface area contributed by atoms with Crippen molar-refractivity contribution in [2.24, 2.45) is 0 Å². The molecular formula is C20H23F3N4. The molecule has 27 heavy (non-hydrogen) atoms. The fourth-order valence-electron chi connectivity index (χ4n) is 3.69. The molecule has 1 aromatic carbocycles. The number of hydrogen-bond acceptors (Lipinski definition) is 4. The van der Waals surface area contributed by atoms with Gasteiger partial charge >= 0.3 is 6.18 Å². The van der Waals surface area contributed by atoms with Crippen LogP contribution in [0.1, 0.15) is 48.6 Å². The standard InChI is InChI=1S/C20H23F3N4/c21-20(22,23)17-6-2-1-4-15(17)12-27-11-3-5-16(13-27)25-18-9-10-24-19(26-18)14-7-8-14/h1-2,4,6,9-10,14,16H,3,5,7-8,11-13H2,(H,24,25,26). The number of benzene rings is 1. The molecule has 144 valence electrons. The van der Waals surface area contributed by atoms with Crippen LogP contribution in [0.15, 0.2) is 36.5 Å². The largest absolute Gasteiger partial charge is 0.416 e. The Morgan fingerprint density at radius 2 is 1.93 bits per heavy atom. The van der Waals surface area contributed by atoms with Gasteiger partial charge in [0.05, 0.1) is 5.56 Å². The van der Waals surface area contributed by atoms with Gasteiger partial charge in [-0.15, -0.1) is 0 Å². The van der Waals surface area contributed by atoms with Crippen LogP contribution in [0.25, 0.3) is 0 Å². The Balaban J connectivity index is 1.41. The summed E-state index contributed by atoms with van der Waals surface area (Å²) in [6, 6.07) is 7.90. The molecule has 1 N–H and O–H groups in total. The van der Waals surface area contributed by atoms with E-state index in [-0.39, 0.29) is 6.04 Å². The molecule has 0 radical (unpaired) electrons. The minimum Gasteiger partial charge on any atom is -0.366 e. The molecule has 2 aromatic rings. The zero-order valence-electron chi connectivity index (χ0n) is 15.0. The van der Waals surface area contributed by atoms with Gasteiger partial charge in [0.15, 0.2) is 0 Å². The van der Waals surface area contributed by atoms with E-state index in [0.29, 0.717) is 24.6 Å². The lowest BCUT2D eigenvalue weighted by Crippen LogP contribution is -2.42. The molecule has 2 aliphatic rings. The lowest BCUT2D eigenvalue weighted by molar-refractivity contribution is -0.138. The second kappa shape index (κ2) is 7.46. The summed E-state index contributed by atoms with van der Waals surface area (Å²) in [5.41, 5.74) is -0.200. The summed E-state index contributed by atoms with van der Waals surface area (Å²) in [6.07, 6.45) is 1.71. The van der Waals surface area contributed by atoms with Crippen LogP contribution in [0.2, 0.25) is 0 Å². The van der Waals surface area contributed by atoms with E-state index in [0.717, 1.165) is 49.9 Å². The molecule has 1 unspecified atom stereocenters. The van der Waals surface area contributed by atoms with E-state index in [1.807, 2.05) is 6.07 Å². The number of aromatic nitrogens is 2. The van der Waals surface area contributed by atoms with Crippen LogP contribution in [0.5, 0.6) is 0 Å². The molecule has 1 aromatic heterocycles. The van der Waals surface area contributed by atoms with E-state index in [4.69, 9.17) is 0 Å². The van der Waals surface area contributed by atoms with Crippen molar-refractivity contribution in [3.05, 3.63) is 53.5 Å². The summed E-state index contributed by atoms with van der Waals surface area (Å²) in [5, 5.41) is 3.45. The fraction of sp³-hybridized carbons (Fsp3) is 0.500. The Kier molecular flexibility index (Phi) is 5.04. The molecule has 0 bridgehead atoms. The first-order valence-corrected chi connectivity index (χ1v) is 9.46. The van der Waals surface area contributed by atoms with E-state index in [1.165, 1.54) is 6.07 Å². The molecule has 1 saturated carbocycles. The van der Waals surface area contributed by atoms with E-state index < -0.39 is 11.7 Å². The van der Waals surface area contributed by atoms with Gasteiger partial charge in [-0.05, 0) is 49.9 Å².